The molecule has 54 heavy (non-hydrogen) atoms. The summed E-state index contributed by atoms with van der Waals surface area (Å²) in [5.74, 6) is -3.21. The summed E-state index contributed by atoms with van der Waals surface area (Å²) in [6.45, 7) is 4.34. The number of aliphatic carboxylic acids is 1. The number of hydrogen-bond acceptors (Lipinski definition) is 10. The minimum atomic E-state index is -1.44. The number of aliphatic hydroxyl groups excluding tert-OH is 2. The van der Waals surface area contributed by atoms with Crippen LogP contribution in [-0.4, -0.2) is 118 Å². The first-order valence-corrected chi connectivity index (χ1v) is 18.8. The highest BCUT2D eigenvalue weighted by Gasteiger charge is 2.40. The van der Waals surface area contributed by atoms with Crippen molar-refractivity contribution in [3.8, 4) is 0 Å². The van der Waals surface area contributed by atoms with E-state index in [0.717, 1.165) is 11.1 Å². The van der Waals surface area contributed by atoms with Crippen molar-refractivity contribution in [2.24, 2.45) is 17.4 Å². The van der Waals surface area contributed by atoms with Gasteiger partial charge in [-0.1, -0.05) is 74.5 Å². The van der Waals surface area contributed by atoms with Crippen LogP contribution in [0.15, 0.2) is 60.7 Å². The molecule has 3 rings (SSSR count). The minimum absolute atomic E-state index is 0.0344. The van der Waals surface area contributed by atoms with Gasteiger partial charge in [0.1, 0.15) is 23.7 Å². The Morgan fingerprint density at radius 2 is 1.33 bits per heavy atom. The zero-order valence-corrected chi connectivity index (χ0v) is 31.4. The highest BCUT2D eigenvalue weighted by molar-refractivity contribution is 5.95. The summed E-state index contributed by atoms with van der Waals surface area (Å²) in [7, 11) is 0. The second-order valence-corrected chi connectivity index (χ2v) is 14.6. The summed E-state index contributed by atoms with van der Waals surface area (Å²) in [6.07, 6.45) is 1.24. The Balaban J connectivity index is 1.76. The van der Waals surface area contributed by atoms with Crippen LogP contribution < -0.4 is 32.7 Å². The van der Waals surface area contributed by atoms with E-state index >= 15 is 0 Å². The fourth-order valence-corrected chi connectivity index (χ4v) is 6.30. The van der Waals surface area contributed by atoms with E-state index in [2.05, 4.69) is 21.3 Å². The lowest BCUT2D eigenvalue weighted by Gasteiger charge is -2.38. The van der Waals surface area contributed by atoms with E-state index in [0.29, 0.717) is 19.4 Å². The van der Waals surface area contributed by atoms with Crippen molar-refractivity contribution in [1.29, 1.82) is 0 Å². The second kappa shape index (κ2) is 22.1. The van der Waals surface area contributed by atoms with Crippen molar-refractivity contribution in [2.75, 3.05) is 32.8 Å². The van der Waals surface area contributed by atoms with Gasteiger partial charge >= 0.3 is 5.97 Å². The molecule has 298 valence electrons. The number of carboxylic acid groups (broad SMARTS) is 1. The molecule has 0 spiro atoms. The number of carbonyl (C=O) groups excluding carboxylic acids is 4. The number of aliphatic hydroxyl groups is 2. The Hall–Kier alpha value is -4.41. The number of benzene rings is 2. The number of likely N-dealkylation sites (tertiary alicyclic amines) is 1. The van der Waals surface area contributed by atoms with E-state index < -0.39 is 59.5 Å². The number of piperidine rings is 1. The molecule has 4 amide bonds. The van der Waals surface area contributed by atoms with E-state index in [1.54, 1.807) is 0 Å². The van der Waals surface area contributed by atoms with Gasteiger partial charge in [-0.3, -0.25) is 24.0 Å². The molecule has 0 aromatic heterocycles. The molecule has 5 atom stereocenters. The zero-order chi connectivity index (χ0) is 39.7. The number of unbranched alkanes of at least 4 members (excludes halogenated alkanes) is 1. The normalized spacial score (nSPS) is 16.8. The van der Waals surface area contributed by atoms with Crippen LogP contribution >= 0.6 is 0 Å². The van der Waals surface area contributed by atoms with E-state index in [1.165, 1.54) is 4.90 Å². The number of carbonyl (C=O) groups is 5. The molecule has 15 nitrogen and oxygen atoms in total. The van der Waals surface area contributed by atoms with Crippen molar-refractivity contribution >= 4 is 29.6 Å². The van der Waals surface area contributed by atoms with Gasteiger partial charge in [0.2, 0.25) is 23.6 Å². The molecular formula is C39H59N7O8. The molecule has 5 unspecified atom stereocenters. The van der Waals surface area contributed by atoms with Crippen LogP contribution in [-0.2, 0) is 36.8 Å². The van der Waals surface area contributed by atoms with Gasteiger partial charge in [0.05, 0.1) is 18.8 Å². The predicted molar refractivity (Wildman–Crippen MR) is 204 cm³/mol. The average Bonchev–Trinajstić information content (AvgIpc) is 3.15. The molecule has 1 aliphatic heterocycles. The summed E-state index contributed by atoms with van der Waals surface area (Å²) in [4.78, 5) is 68.3. The van der Waals surface area contributed by atoms with Gasteiger partial charge in [0, 0.05) is 26.1 Å². The summed E-state index contributed by atoms with van der Waals surface area (Å²) < 4.78 is 0. The summed E-state index contributed by atoms with van der Waals surface area (Å²) >= 11 is 0. The van der Waals surface area contributed by atoms with Crippen molar-refractivity contribution in [2.45, 2.75) is 101 Å². The van der Waals surface area contributed by atoms with E-state index in [4.69, 9.17) is 16.6 Å². The lowest BCUT2D eigenvalue weighted by atomic mass is 9.88. The van der Waals surface area contributed by atoms with Crippen LogP contribution in [0.5, 0.6) is 0 Å². The second-order valence-electron chi connectivity index (χ2n) is 14.6. The number of amides is 4. The molecule has 11 N–H and O–H groups in total. The van der Waals surface area contributed by atoms with Crippen LogP contribution in [0.2, 0.25) is 0 Å². The first kappa shape index (κ1) is 44.0. The maximum Gasteiger partial charge on any atom is 0.323 e. The molecule has 0 aliphatic carbocycles. The summed E-state index contributed by atoms with van der Waals surface area (Å²) in [6, 6.07) is 14.4. The number of nitrogens with one attached hydrogen (secondary N) is 4. The van der Waals surface area contributed by atoms with Gasteiger partial charge in [-0.2, -0.15) is 0 Å². The van der Waals surface area contributed by atoms with Crippen LogP contribution in [0.1, 0.15) is 63.5 Å². The average molecular weight is 754 g/mol. The quantitative estimate of drug-likeness (QED) is 0.0714. The zero-order valence-electron chi connectivity index (χ0n) is 31.4. The smallest absolute Gasteiger partial charge is 0.323 e. The Kier molecular flexibility index (Phi) is 18.0. The van der Waals surface area contributed by atoms with Gasteiger partial charge in [-0.15, -0.1) is 0 Å². The van der Waals surface area contributed by atoms with Crippen LogP contribution in [0.4, 0.5) is 0 Å². The molecule has 0 bridgehead atoms. The maximum atomic E-state index is 14.0. The summed E-state index contributed by atoms with van der Waals surface area (Å²) in [5, 5.41) is 39.7. The van der Waals surface area contributed by atoms with Crippen molar-refractivity contribution < 1.29 is 39.3 Å². The van der Waals surface area contributed by atoms with Crippen molar-refractivity contribution in [3.05, 3.63) is 71.8 Å². The molecule has 2 aromatic rings. The number of carboxylic acids is 1. The number of nitrogens with two attached hydrogens (primary N) is 2. The topological polar surface area (TPSA) is 249 Å². The summed E-state index contributed by atoms with van der Waals surface area (Å²) in [5.41, 5.74) is 12.5. The third-order valence-corrected chi connectivity index (χ3v) is 9.59. The van der Waals surface area contributed by atoms with Crippen molar-refractivity contribution in [3.63, 3.8) is 0 Å². The van der Waals surface area contributed by atoms with Gasteiger partial charge in [-0.25, -0.2) is 0 Å². The largest absolute Gasteiger partial charge is 0.480 e. The lowest BCUT2D eigenvalue weighted by molar-refractivity contribution is -0.148. The maximum absolute atomic E-state index is 14.0. The predicted octanol–water partition coefficient (Wildman–Crippen LogP) is -0.183. The molecular weight excluding hydrogens is 694 g/mol. The van der Waals surface area contributed by atoms with Crippen LogP contribution in [0.25, 0.3) is 0 Å². The minimum Gasteiger partial charge on any atom is -0.480 e. The molecule has 15 heteroatoms. The number of hydrogen-bond donors (Lipinski definition) is 9. The molecule has 2 aromatic carbocycles. The Bertz CT molecular complexity index is 1490. The Labute approximate surface area is 317 Å². The monoisotopic (exact) mass is 753 g/mol. The van der Waals surface area contributed by atoms with Crippen molar-refractivity contribution in [1.82, 2.24) is 26.2 Å². The number of rotatable bonds is 22. The van der Waals surface area contributed by atoms with E-state index in [-0.39, 0.29) is 76.6 Å². The van der Waals surface area contributed by atoms with E-state index in [9.17, 15) is 34.2 Å². The van der Waals surface area contributed by atoms with E-state index in [1.807, 2.05) is 74.5 Å². The highest BCUT2D eigenvalue weighted by atomic mass is 16.4. The fraction of sp³-hybridized carbons (Fsp3) is 0.564. The molecule has 0 saturated carbocycles. The third-order valence-electron chi connectivity index (χ3n) is 9.59. The molecule has 1 fully saturated rings. The molecule has 0 radical (unpaired) electrons. The van der Waals surface area contributed by atoms with Gasteiger partial charge in [0.25, 0.3) is 0 Å². The van der Waals surface area contributed by atoms with Crippen LogP contribution in [0.3, 0.4) is 0 Å². The Morgan fingerprint density at radius 1 is 0.796 bits per heavy atom. The third kappa shape index (κ3) is 14.4. The molecule has 1 saturated heterocycles. The van der Waals surface area contributed by atoms with Crippen LogP contribution in [0, 0.1) is 5.92 Å². The fourth-order valence-electron chi connectivity index (χ4n) is 6.30. The Morgan fingerprint density at radius 3 is 1.89 bits per heavy atom. The molecule has 1 heterocycles. The molecule has 1 aliphatic rings. The lowest BCUT2D eigenvalue weighted by Crippen LogP contribution is -2.60. The van der Waals surface area contributed by atoms with Gasteiger partial charge in [-0.05, 0) is 68.5 Å². The standard InChI is InChI=1S/C39H59N7O8/c1-26(2)21-32(45-36(51)33(23-28-13-7-4-8-14-28)44-34(49)30(40)22-27-11-5-3-6-12-27)35(50)43-31(15-9-10-18-42-24-29(48)25-47)37(52)46-19-16-39(41,17-20-46)38(53)54/h3-8,11-14,26,29-33,42,47-48H,9-10,15-25,40-41H2,1-2H3,(H,43,50)(H,44,49)(H,45,51)(H,53,54). The highest BCUT2D eigenvalue weighted by Crippen LogP contribution is 2.21. The SMILES string of the molecule is CC(C)CC(NC(=O)C(Cc1ccccc1)NC(=O)C(N)Cc1ccccc1)C(=O)NC(CCCCNCC(O)CO)C(=O)N1CCC(N)(C(=O)O)CC1. The first-order chi connectivity index (χ1) is 25.7. The first-order valence-electron chi connectivity index (χ1n) is 18.8. The van der Waals surface area contributed by atoms with Gasteiger partial charge < -0.3 is 53.0 Å². The van der Waals surface area contributed by atoms with Gasteiger partial charge in [0.15, 0.2) is 0 Å². The number of nitrogens with zero attached hydrogens (tertiary/aromatic N) is 1.